The third-order valence-electron chi connectivity index (χ3n) is 2.62. The van der Waals surface area contributed by atoms with Gasteiger partial charge in [0.25, 0.3) is 0 Å². The van der Waals surface area contributed by atoms with Gasteiger partial charge in [0, 0.05) is 47.0 Å². The van der Waals surface area contributed by atoms with Crippen LogP contribution in [0.2, 0.25) is 0 Å². The third kappa shape index (κ3) is 3.44. The predicted octanol–water partition coefficient (Wildman–Crippen LogP) is 0.638. The molecule has 1 N–H and O–H groups in total. The van der Waals surface area contributed by atoms with E-state index in [4.69, 9.17) is 14.2 Å². The van der Waals surface area contributed by atoms with Gasteiger partial charge in [-0.2, -0.15) is 0 Å². The SMILES string of the molecule is CO[C@@H]1CC[C@@](CCNC(C)=O)(OC)O1. The zero-order valence-corrected chi connectivity index (χ0v) is 9.54. The van der Waals surface area contributed by atoms with Gasteiger partial charge in [-0.1, -0.05) is 0 Å². The Labute approximate surface area is 90.1 Å². The Morgan fingerprint density at radius 2 is 2.33 bits per heavy atom. The highest BCUT2D eigenvalue weighted by Crippen LogP contribution is 2.33. The Kier molecular flexibility index (Phi) is 4.50. The number of carbonyl (C=O) groups excluding carboxylic acids is 1. The van der Waals surface area contributed by atoms with Crippen LogP contribution in [0.1, 0.15) is 26.2 Å². The molecule has 0 spiro atoms. The van der Waals surface area contributed by atoms with Crippen LogP contribution in [0.15, 0.2) is 0 Å². The van der Waals surface area contributed by atoms with E-state index in [0.717, 1.165) is 12.8 Å². The first-order chi connectivity index (χ1) is 7.12. The minimum atomic E-state index is -0.594. The van der Waals surface area contributed by atoms with E-state index in [1.165, 1.54) is 6.92 Å². The van der Waals surface area contributed by atoms with Crippen LogP contribution in [0, 0.1) is 0 Å². The van der Waals surface area contributed by atoms with Gasteiger partial charge in [-0.3, -0.25) is 4.79 Å². The van der Waals surface area contributed by atoms with Gasteiger partial charge in [0.2, 0.25) is 5.91 Å². The van der Waals surface area contributed by atoms with Crippen LogP contribution in [0.25, 0.3) is 0 Å². The predicted molar refractivity (Wildman–Crippen MR) is 54.2 cm³/mol. The van der Waals surface area contributed by atoms with Crippen LogP contribution in [0.4, 0.5) is 0 Å². The molecular formula is C10H19NO4. The van der Waals surface area contributed by atoms with E-state index in [9.17, 15) is 4.79 Å². The first-order valence-electron chi connectivity index (χ1n) is 5.12. The fourth-order valence-electron chi connectivity index (χ4n) is 1.73. The summed E-state index contributed by atoms with van der Waals surface area (Å²) in [4.78, 5) is 10.7. The zero-order chi connectivity index (χ0) is 11.3. The fourth-order valence-corrected chi connectivity index (χ4v) is 1.73. The maximum atomic E-state index is 10.7. The van der Waals surface area contributed by atoms with Crippen LogP contribution in [-0.2, 0) is 19.0 Å². The average Bonchev–Trinajstić information content (AvgIpc) is 2.62. The molecule has 5 heteroatoms. The van der Waals surface area contributed by atoms with E-state index in [1.807, 2.05) is 0 Å². The van der Waals surface area contributed by atoms with Crippen LogP contribution in [-0.4, -0.2) is 38.7 Å². The molecule has 0 bridgehead atoms. The van der Waals surface area contributed by atoms with Gasteiger partial charge < -0.3 is 19.5 Å². The second-order valence-corrected chi connectivity index (χ2v) is 3.67. The van der Waals surface area contributed by atoms with Crippen molar-refractivity contribution in [1.29, 1.82) is 0 Å². The number of amides is 1. The summed E-state index contributed by atoms with van der Waals surface area (Å²) >= 11 is 0. The van der Waals surface area contributed by atoms with Crippen molar-refractivity contribution in [1.82, 2.24) is 5.32 Å². The molecule has 1 saturated heterocycles. The van der Waals surface area contributed by atoms with Gasteiger partial charge in [0.05, 0.1) is 0 Å². The molecule has 1 fully saturated rings. The van der Waals surface area contributed by atoms with Gasteiger partial charge in [-0.15, -0.1) is 0 Å². The summed E-state index contributed by atoms with van der Waals surface area (Å²) < 4.78 is 16.1. The van der Waals surface area contributed by atoms with Gasteiger partial charge in [-0.25, -0.2) is 0 Å². The highest BCUT2D eigenvalue weighted by Gasteiger charge is 2.40. The van der Waals surface area contributed by atoms with E-state index in [1.54, 1.807) is 14.2 Å². The molecule has 1 amide bonds. The first-order valence-corrected chi connectivity index (χ1v) is 5.12. The van der Waals surface area contributed by atoms with Crippen molar-refractivity contribution in [2.24, 2.45) is 0 Å². The highest BCUT2D eigenvalue weighted by molar-refractivity contribution is 5.72. The monoisotopic (exact) mass is 217 g/mol. The number of ether oxygens (including phenoxy) is 3. The van der Waals surface area contributed by atoms with Crippen molar-refractivity contribution in [3.05, 3.63) is 0 Å². The van der Waals surface area contributed by atoms with Gasteiger partial charge >= 0.3 is 0 Å². The van der Waals surface area contributed by atoms with Crippen LogP contribution in [0.3, 0.4) is 0 Å². The van der Waals surface area contributed by atoms with Crippen molar-refractivity contribution >= 4 is 5.91 Å². The Morgan fingerprint density at radius 3 is 2.80 bits per heavy atom. The number of hydrogen-bond acceptors (Lipinski definition) is 4. The smallest absolute Gasteiger partial charge is 0.216 e. The summed E-state index contributed by atoms with van der Waals surface area (Å²) in [7, 11) is 3.23. The molecule has 1 rings (SSSR count). The fraction of sp³-hybridized carbons (Fsp3) is 0.900. The molecule has 88 valence electrons. The molecule has 0 aromatic rings. The molecule has 0 aliphatic carbocycles. The summed E-state index contributed by atoms with van der Waals surface area (Å²) in [6.07, 6.45) is 2.07. The average molecular weight is 217 g/mol. The summed E-state index contributed by atoms with van der Waals surface area (Å²) in [5, 5.41) is 2.72. The minimum Gasteiger partial charge on any atom is -0.356 e. The first kappa shape index (κ1) is 12.4. The van der Waals surface area contributed by atoms with Crippen LogP contribution in [0.5, 0.6) is 0 Å². The molecule has 15 heavy (non-hydrogen) atoms. The molecular weight excluding hydrogens is 198 g/mol. The summed E-state index contributed by atoms with van der Waals surface area (Å²) in [6, 6.07) is 0. The summed E-state index contributed by atoms with van der Waals surface area (Å²) in [5.74, 6) is -0.633. The maximum absolute atomic E-state index is 10.7. The summed E-state index contributed by atoms with van der Waals surface area (Å²) in [5.41, 5.74) is 0. The van der Waals surface area contributed by atoms with E-state index in [-0.39, 0.29) is 12.2 Å². The Morgan fingerprint density at radius 1 is 1.60 bits per heavy atom. The molecule has 0 saturated carbocycles. The Bertz CT molecular complexity index is 221. The maximum Gasteiger partial charge on any atom is 0.216 e. The molecule has 5 nitrogen and oxygen atoms in total. The molecule has 0 aromatic heterocycles. The topological polar surface area (TPSA) is 56.8 Å². The van der Waals surface area contributed by atoms with Crippen molar-refractivity contribution in [2.75, 3.05) is 20.8 Å². The van der Waals surface area contributed by atoms with Gasteiger partial charge in [-0.05, 0) is 0 Å². The van der Waals surface area contributed by atoms with Crippen molar-refractivity contribution in [3.8, 4) is 0 Å². The lowest BCUT2D eigenvalue weighted by molar-refractivity contribution is -0.257. The van der Waals surface area contributed by atoms with E-state index < -0.39 is 5.79 Å². The van der Waals surface area contributed by atoms with E-state index in [2.05, 4.69) is 5.32 Å². The lowest BCUT2D eigenvalue weighted by atomic mass is 10.1. The molecule has 0 aromatic carbocycles. The number of rotatable bonds is 5. The standard InChI is InChI=1S/C10H19NO4/c1-8(12)11-7-6-10(14-3)5-4-9(13-2)15-10/h9H,4-7H2,1-3H3,(H,11,12)/t9-,10+/m0/s1. The third-order valence-corrected chi connectivity index (χ3v) is 2.62. The highest BCUT2D eigenvalue weighted by atomic mass is 16.8. The number of methoxy groups -OCH3 is 2. The number of hydrogen-bond donors (Lipinski definition) is 1. The Hall–Kier alpha value is -0.650. The van der Waals surface area contributed by atoms with Crippen LogP contribution >= 0.6 is 0 Å². The molecule has 1 aliphatic rings. The molecule has 1 heterocycles. The number of nitrogens with one attached hydrogen (secondary N) is 1. The van der Waals surface area contributed by atoms with Crippen molar-refractivity contribution in [3.63, 3.8) is 0 Å². The second-order valence-electron chi connectivity index (χ2n) is 3.67. The molecule has 0 radical (unpaired) electrons. The normalized spacial score (nSPS) is 30.5. The quantitative estimate of drug-likeness (QED) is 0.734. The Balaban J connectivity index is 2.37. The molecule has 2 atom stereocenters. The van der Waals surface area contributed by atoms with Gasteiger partial charge in [0.15, 0.2) is 12.1 Å². The van der Waals surface area contributed by atoms with Crippen molar-refractivity contribution in [2.45, 2.75) is 38.3 Å². The van der Waals surface area contributed by atoms with Crippen LogP contribution < -0.4 is 5.32 Å². The van der Waals surface area contributed by atoms with Crippen molar-refractivity contribution < 1.29 is 19.0 Å². The van der Waals surface area contributed by atoms with E-state index >= 15 is 0 Å². The lowest BCUT2D eigenvalue weighted by Crippen LogP contribution is -2.36. The second kappa shape index (κ2) is 5.44. The summed E-state index contributed by atoms with van der Waals surface area (Å²) in [6.45, 7) is 2.05. The minimum absolute atomic E-state index is 0.0393. The van der Waals surface area contributed by atoms with Gasteiger partial charge in [0.1, 0.15) is 0 Å². The zero-order valence-electron chi connectivity index (χ0n) is 9.54. The largest absolute Gasteiger partial charge is 0.356 e. The lowest BCUT2D eigenvalue weighted by Gasteiger charge is -2.27. The molecule has 0 unspecified atom stereocenters. The molecule has 1 aliphatic heterocycles. The van der Waals surface area contributed by atoms with E-state index in [0.29, 0.717) is 13.0 Å². The number of carbonyl (C=O) groups is 1.